The zero-order valence-corrected chi connectivity index (χ0v) is 13.1. The molecule has 0 atom stereocenters. The van der Waals surface area contributed by atoms with Crippen molar-refractivity contribution in [3.8, 4) is 5.75 Å². The fourth-order valence-corrected chi connectivity index (χ4v) is 2.47. The molecule has 0 aromatic heterocycles. The topological polar surface area (TPSA) is 70.7 Å². The van der Waals surface area contributed by atoms with E-state index in [0.29, 0.717) is 23.9 Å². The highest BCUT2D eigenvalue weighted by Crippen LogP contribution is 2.17. The highest BCUT2D eigenvalue weighted by Gasteiger charge is 2.19. The Kier molecular flexibility index (Phi) is 5.77. The molecule has 2 amide bonds. The van der Waals surface area contributed by atoms with Gasteiger partial charge < -0.3 is 20.3 Å². The fraction of sp³-hybridized carbons (Fsp3) is 0.500. The molecular formula is C16H23N3O3. The number of piperidine rings is 1. The number of benzene rings is 1. The van der Waals surface area contributed by atoms with Crippen LogP contribution in [0.3, 0.4) is 0 Å². The highest BCUT2D eigenvalue weighted by atomic mass is 16.5. The van der Waals surface area contributed by atoms with Crippen molar-refractivity contribution >= 4 is 17.5 Å². The van der Waals surface area contributed by atoms with Crippen LogP contribution in [0.5, 0.6) is 5.75 Å². The summed E-state index contributed by atoms with van der Waals surface area (Å²) in [7, 11) is 3.64. The first-order valence-corrected chi connectivity index (χ1v) is 7.50. The first kappa shape index (κ1) is 16.3. The second-order valence-electron chi connectivity index (χ2n) is 5.64. The van der Waals surface area contributed by atoms with Crippen molar-refractivity contribution in [1.29, 1.82) is 0 Å². The van der Waals surface area contributed by atoms with Crippen molar-refractivity contribution < 1.29 is 14.3 Å². The Morgan fingerprint density at radius 3 is 2.68 bits per heavy atom. The van der Waals surface area contributed by atoms with Gasteiger partial charge in [-0.25, -0.2) is 0 Å². The lowest BCUT2D eigenvalue weighted by molar-refractivity contribution is -0.136. The highest BCUT2D eigenvalue weighted by molar-refractivity contribution is 6.39. The number of nitrogens with one attached hydrogen (secondary N) is 2. The van der Waals surface area contributed by atoms with Gasteiger partial charge in [-0.3, -0.25) is 9.59 Å². The number of rotatable bonds is 4. The molecule has 1 fully saturated rings. The summed E-state index contributed by atoms with van der Waals surface area (Å²) in [5, 5.41) is 5.29. The van der Waals surface area contributed by atoms with Crippen LogP contribution in [0.25, 0.3) is 0 Å². The lowest BCUT2D eigenvalue weighted by Crippen LogP contribution is -2.41. The normalized spacial score (nSPS) is 16.1. The van der Waals surface area contributed by atoms with Crippen LogP contribution < -0.4 is 15.4 Å². The van der Waals surface area contributed by atoms with Gasteiger partial charge in [0.05, 0.1) is 7.11 Å². The number of carbonyl (C=O) groups is 2. The van der Waals surface area contributed by atoms with Crippen LogP contribution in [0.2, 0.25) is 0 Å². The summed E-state index contributed by atoms with van der Waals surface area (Å²) in [5.74, 6) is -0.169. The summed E-state index contributed by atoms with van der Waals surface area (Å²) >= 11 is 0. The maximum atomic E-state index is 11.9. The Balaban J connectivity index is 1.78. The molecule has 0 saturated carbocycles. The number of anilines is 1. The van der Waals surface area contributed by atoms with Gasteiger partial charge in [-0.15, -0.1) is 0 Å². The van der Waals surface area contributed by atoms with Gasteiger partial charge in [-0.1, -0.05) is 6.07 Å². The SMILES string of the molecule is COc1cccc(NC(=O)C(=O)NCC2CCN(C)CC2)c1. The van der Waals surface area contributed by atoms with E-state index in [-0.39, 0.29) is 0 Å². The summed E-state index contributed by atoms with van der Waals surface area (Å²) < 4.78 is 5.08. The van der Waals surface area contributed by atoms with Crippen molar-refractivity contribution in [1.82, 2.24) is 10.2 Å². The van der Waals surface area contributed by atoms with Crippen LogP contribution in [0, 0.1) is 5.92 Å². The molecule has 0 radical (unpaired) electrons. The van der Waals surface area contributed by atoms with E-state index in [1.807, 2.05) is 0 Å². The second-order valence-corrected chi connectivity index (χ2v) is 5.64. The molecule has 120 valence electrons. The minimum absolute atomic E-state index is 0.449. The zero-order valence-electron chi connectivity index (χ0n) is 13.1. The molecule has 1 aromatic carbocycles. The average Bonchev–Trinajstić information content (AvgIpc) is 2.54. The largest absolute Gasteiger partial charge is 0.497 e. The van der Waals surface area contributed by atoms with Crippen LogP contribution in [0.4, 0.5) is 5.69 Å². The van der Waals surface area contributed by atoms with Crippen LogP contribution in [0.15, 0.2) is 24.3 Å². The van der Waals surface area contributed by atoms with Gasteiger partial charge in [0.25, 0.3) is 0 Å². The number of hydrogen-bond acceptors (Lipinski definition) is 4. The van der Waals surface area contributed by atoms with Crippen LogP contribution in [-0.4, -0.2) is 50.5 Å². The van der Waals surface area contributed by atoms with Crippen LogP contribution in [0.1, 0.15) is 12.8 Å². The van der Waals surface area contributed by atoms with E-state index >= 15 is 0 Å². The van der Waals surface area contributed by atoms with E-state index in [0.717, 1.165) is 25.9 Å². The molecule has 1 aliphatic rings. The minimum Gasteiger partial charge on any atom is -0.497 e. The number of ether oxygens (including phenoxy) is 1. The molecule has 2 rings (SSSR count). The molecule has 0 bridgehead atoms. The van der Waals surface area contributed by atoms with Crippen molar-refractivity contribution in [3.63, 3.8) is 0 Å². The maximum Gasteiger partial charge on any atom is 0.313 e. The van der Waals surface area contributed by atoms with E-state index in [1.54, 1.807) is 31.4 Å². The summed E-state index contributed by atoms with van der Waals surface area (Å²) in [6, 6.07) is 6.91. The smallest absolute Gasteiger partial charge is 0.313 e. The van der Waals surface area contributed by atoms with E-state index in [1.165, 1.54) is 0 Å². The number of methoxy groups -OCH3 is 1. The summed E-state index contributed by atoms with van der Waals surface area (Å²) in [5.41, 5.74) is 0.541. The monoisotopic (exact) mass is 305 g/mol. The molecule has 0 aliphatic carbocycles. The van der Waals surface area contributed by atoms with Crippen LogP contribution in [-0.2, 0) is 9.59 Å². The molecule has 1 saturated heterocycles. The van der Waals surface area contributed by atoms with Crippen molar-refractivity contribution in [2.24, 2.45) is 5.92 Å². The molecule has 2 N–H and O–H groups in total. The number of nitrogens with zero attached hydrogens (tertiary/aromatic N) is 1. The second kappa shape index (κ2) is 7.79. The van der Waals surface area contributed by atoms with Gasteiger partial charge in [-0.05, 0) is 51.0 Å². The average molecular weight is 305 g/mol. The Morgan fingerprint density at radius 1 is 1.27 bits per heavy atom. The first-order valence-electron chi connectivity index (χ1n) is 7.50. The molecule has 1 heterocycles. The number of hydrogen-bond donors (Lipinski definition) is 2. The predicted molar refractivity (Wildman–Crippen MR) is 84.9 cm³/mol. The summed E-state index contributed by atoms with van der Waals surface area (Å²) in [6.07, 6.45) is 2.10. The summed E-state index contributed by atoms with van der Waals surface area (Å²) in [6.45, 7) is 2.63. The first-order chi connectivity index (χ1) is 10.6. The van der Waals surface area contributed by atoms with E-state index in [9.17, 15) is 9.59 Å². The number of carbonyl (C=O) groups excluding carboxylic acids is 2. The lowest BCUT2D eigenvalue weighted by Gasteiger charge is -2.28. The van der Waals surface area contributed by atoms with Gasteiger partial charge in [0.1, 0.15) is 5.75 Å². The Hall–Kier alpha value is -2.08. The molecule has 1 aromatic rings. The van der Waals surface area contributed by atoms with E-state index in [2.05, 4.69) is 22.6 Å². The molecule has 6 nitrogen and oxygen atoms in total. The number of amides is 2. The van der Waals surface area contributed by atoms with Crippen molar-refractivity contribution in [3.05, 3.63) is 24.3 Å². The molecule has 1 aliphatic heterocycles. The summed E-state index contributed by atoms with van der Waals surface area (Å²) in [4.78, 5) is 26.0. The van der Waals surface area contributed by atoms with Crippen molar-refractivity contribution in [2.75, 3.05) is 39.1 Å². The Bertz CT molecular complexity index is 525. The van der Waals surface area contributed by atoms with Crippen molar-refractivity contribution in [2.45, 2.75) is 12.8 Å². The third-order valence-electron chi connectivity index (χ3n) is 3.92. The fourth-order valence-electron chi connectivity index (χ4n) is 2.47. The van der Waals surface area contributed by atoms with Gasteiger partial charge in [0.2, 0.25) is 0 Å². The maximum absolute atomic E-state index is 11.9. The quantitative estimate of drug-likeness (QED) is 0.817. The van der Waals surface area contributed by atoms with Gasteiger partial charge in [0, 0.05) is 18.3 Å². The number of likely N-dealkylation sites (tertiary alicyclic amines) is 1. The van der Waals surface area contributed by atoms with Crippen LogP contribution >= 0.6 is 0 Å². The van der Waals surface area contributed by atoms with Gasteiger partial charge in [0.15, 0.2) is 0 Å². The lowest BCUT2D eigenvalue weighted by atomic mass is 9.97. The third-order valence-corrected chi connectivity index (χ3v) is 3.92. The van der Waals surface area contributed by atoms with E-state index in [4.69, 9.17) is 4.74 Å². The molecule has 0 unspecified atom stereocenters. The Morgan fingerprint density at radius 2 is 2.00 bits per heavy atom. The zero-order chi connectivity index (χ0) is 15.9. The van der Waals surface area contributed by atoms with Gasteiger partial charge in [-0.2, -0.15) is 0 Å². The minimum atomic E-state index is -0.652. The predicted octanol–water partition coefficient (Wildman–Crippen LogP) is 1.09. The third kappa shape index (κ3) is 4.73. The Labute approximate surface area is 130 Å². The molecule has 22 heavy (non-hydrogen) atoms. The molecule has 0 spiro atoms. The standard InChI is InChI=1S/C16H23N3O3/c1-19-8-6-12(7-9-19)11-17-15(20)16(21)18-13-4-3-5-14(10-13)22-2/h3-5,10,12H,6-9,11H2,1-2H3,(H,17,20)(H,18,21). The molecular weight excluding hydrogens is 282 g/mol. The van der Waals surface area contributed by atoms with E-state index < -0.39 is 11.8 Å². The molecule has 6 heteroatoms. The van der Waals surface area contributed by atoms with Gasteiger partial charge >= 0.3 is 11.8 Å².